The van der Waals surface area contributed by atoms with Gasteiger partial charge >= 0.3 is 0 Å². The summed E-state index contributed by atoms with van der Waals surface area (Å²) in [5, 5.41) is 3.75. The maximum atomic E-state index is 13.5. The fourth-order valence-corrected chi connectivity index (χ4v) is 2.37. The first kappa shape index (κ1) is 12.8. The second-order valence-corrected chi connectivity index (χ2v) is 5.21. The van der Waals surface area contributed by atoms with Crippen molar-refractivity contribution in [3.05, 3.63) is 34.6 Å². The summed E-state index contributed by atoms with van der Waals surface area (Å²) in [7, 11) is 0. The largest absolute Gasteiger partial charge is 0.310 e. The van der Waals surface area contributed by atoms with E-state index in [1.165, 1.54) is 18.9 Å². The number of hydrogen-bond donors (Lipinski definition) is 1. The highest BCUT2D eigenvalue weighted by molar-refractivity contribution is 6.31. The van der Waals surface area contributed by atoms with Gasteiger partial charge in [-0.2, -0.15) is 0 Å². The summed E-state index contributed by atoms with van der Waals surface area (Å²) < 4.78 is 13.5. The third kappa shape index (κ3) is 3.43. The molecule has 0 radical (unpaired) electrons. The summed E-state index contributed by atoms with van der Waals surface area (Å²) in [5.74, 6) is 0.479. The Hall–Kier alpha value is -0.600. The Labute approximate surface area is 107 Å². The molecule has 1 aliphatic rings. The van der Waals surface area contributed by atoms with Crippen LogP contribution in [0.5, 0.6) is 0 Å². The SMILES string of the molecule is CCCNC(CC1CC1)c1cccc(F)c1Cl. The summed E-state index contributed by atoms with van der Waals surface area (Å²) in [4.78, 5) is 0. The highest BCUT2D eigenvalue weighted by Gasteiger charge is 2.27. The van der Waals surface area contributed by atoms with Crippen LogP contribution in [0, 0.1) is 11.7 Å². The topological polar surface area (TPSA) is 12.0 Å². The minimum absolute atomic E-state index is 0.200. The molecule has 1 N–H and O–H groups in total. The Bertz CT molecular complexity index is 376. The molecule has 0 aromatic heterocycles. The van der Waals surface area contributed by atoms with Gasteiger partial charge in [0.05, 0.1) is 5.02 Å². The number of nitrogens with one attached hydrogen (secondary N) is 1. The Morgan fingerprint density at radius 1 is 1.47 bits per heavy atom. The molecule has 0 saturated heterocycles. The molecule has 1 aliphatic carbocycles. The molecule has 1 aromatic rings. The molecule has 1 saturated carbocycles. The van der Waals surface area contributed by atoms with Crippen LogP contribution in [0.1, 0.15) is 44.2 Å². The average molecular weight is 256 g/mol. The molecule has 17 heavy (non-hydrogen) atoms. The zero-order valence-electron chi connectivity index (χ0n) is 10.2. The van der Waals surface area contributed by atoms with Gasteiger partial charge in [-0.05, 0) is 36.9 Å². The molecule has 0 spiro atoms. The predicted octanol–water partition coefficient (Wildman–Crippen LogP) is 4.32. The highest BCUT2D eigenvalue weighted by Crippen LogP contribution is 2.39. The third-order valence-corrected chi connectivity index (χ3v) is 3.66. The van der Waals surface area contributed by atoms with Crippen LogP contribution in [0.15, 0.2) is 18.2 Å². The fraction of sp³-hybridized carbons (Fsp3) is 0.571. The second kappa shape index (κ2) is 5.83. The van der Waals surface area contributed by atoms with Gasteiger partial charge in [-0.3, -0.25) is 0 Å². The van der Waals surface area contributed by atoms with E-state index in [4.69, 9.17) is 11.6 Å². The lowest BCUT2D eigenvalue weighted by Gasteiger charge is -2.20. The van der Waals surface area contributed by atoms with Gasteiger partial charge < -0.3 is 5.32 Å². The lowest BCUT2D eigenvalue weighted by atomic mass is 10.0. The monoisotopic (exact) mass is 255 g/mol. The van der Waals surface area contributed by atoms with Crippen LogP contribution < -0.4 is 5.32 Å². The van der Waals surface area contributed by atoms with Crippen molar-refractivity contribution < 1.29 is 4.39 Å². The zero-order valence-corrected chi connectivity index (χ0v) is 10.9. The van der Waals surface area contributed by atoms with Crippen molar-refractivity contribution in [3.8, 4) is 0 Å². The molecule has 94 valence electrons. The van der Waals surface area contributed by atoms with E-state index >= 15 is 0 Å². The van der Waals surface area contributed by atoms with Gasteiger partial charge in [-0.1, -0.05) is 43.5 Å². The first-order chi connectivity index (χ1) is 8.22. The van der Waals surface area contributed by atoms with E-state index < -0.39 is 0 Å². The van der Waals surface area contributed by atoms with Crippen molar-refractivity contribution in [3.63, 3.8) is 0 Å². The molecular weight excluding hydrogens is 237 g/mol. The summed E-state index contributed by atoms with van der Waals surface area (Å²) in [6.45, 7) is 3.08. The normalized spacial score (nSPS) is 17.1. The first-order valence-electron chi connectivity index (χ1n) is 6.39. The maximum Gasteiger partial charge on any atom is 0.142 e. The number of halogens is 2. The summed E-state index contributed by atoms with van der Waals surface area (Å²) in [6.07, 6.45) is 4.76. The van der Waals surface area contributed by atoms with Crippen LogP contribution in [0.4, 0.5) is 4.39 Å². The van der Waals surface area contributed by atoms with Gasteiger partial charge in [-0.25, -0.2) is 4.39 Å². The molecule has 1 aromatic carbocycles. The molecule has 1 fully saturated rings. The van der Waals surface area contributed by atoms with Gasteiger partial charge in [0, 0.05) is 6.04 Å². The van der Waals surface area contributed by atoms with Crippen molar-refractivity contribution >= 4 is 11.6 Å². The molecular formula is C14H19ClFN. The van der Waals surface area contributed by atoms with Crippen LogP contribution in [0.25, 0.3) is 0 Å². The van der Waals surface area contributed by atoms with E-state index in [9.17, 15) is 4.39 Å². The minimum Gasteiger partial charge on any atom is -0.310 e. The second-order valence-electron chi connectivity index (χ2n) is 4.83. The van der Waals surface area contributed by atoms with E-state index in [1.807, 2.05) is 6.07 Å². The molecule has 1 atom stereocenters. The van der Waals surface area contributed by atoms with E-state index in [-0.39, 0.29) is 16.9 Å². The molecule has 1 unspecified atom stereocenters. The number of hydrogen-bond acceptors (Lipinski definition) is 1. The molecule has 1 nitrogen and oxygen atoms in total. The van der Waals surface area contributed by atoms with Gasteiger partial charge in [-0.15, -0.1) is 0 Å². The zero-order chi connectivity index (χ0) is 12.3. The Balaban J connectivity index is 2.14. The van der Waals surface area contributed by atoms with Crippen LogP contribution >= 0.6 is 11.6 Å². The third-order valence-electron chi connectivity index (χ3n) is 3.26. The van der Waals surface area contributed by atoms with Crippen LogP contribution in [0.3, 0.4) is 0 Å². The van der Waals surface area contributed by atoms with E-state index in [1.54, 1.807) is 6.07 Å². The van der Waals surface area contributed by atoms with Crippen molar-refractivity contribution in [2.24, 2.45) is 5.92 Å². The summed E-state index contributed by atoms with van der Waals surface area (Å²) in [5.41, 5.74) is 0.909. The van der Waals surface area contributed by atoms with Crippen LogP contribution in [-0.2, 0) is 0 Å². The fourth-order valence-electron chi connectivity index (χ4n) is 2.12. The maximum absolute atomic E-state index is 13.5. The summed E-state index contributed by atoms with van der Waals surface area (Å²) in [6, 6.07) is 5.29. The molecule has 0 amide bonds. The van der Waals surface area contributed by atoms with E-state index in [0.29, 0.717) is 0 Å². The number of benzene rings is 1. The smallest absolute Gasteiger partial charge is 0.142 e. The molecule has 0 aliphatic heterocycles. The number of rotatable bonds is 6. The standard InChI is InChI=1S/C14H19ClFN/c1-2-8-17-13(9-10-6-7-10)11-4-3-5-12(16)14(11)15/h3-5,10,13,17H,2,6-9H2,1H3. The Morgan fingerprint density at radius 2 is 2.24 bits per heavy atom. The first-order valence-corrected chi connectivity index (χ1v) is 6.77. The van der Waals surface area contributed by atoms with Crippen molar-refractivity contribution in [2.45, 2.75) is 38.6 Å². The molecule has 2 rings (SSSR count). The van der Waals surface area contributed by atoms with Crippen molar-refractivity contribution in [1.82, 2.24) is 5.32 Å². The van der Waals surface area contributed by atoms with Gasteiger partial charge in [0.15, 0.2) is 0 Å². The summed E-state index contributed by atoms with van der Waals surface area (Å²) >= 11 is 6.06. The van der Waals surface area contributed by atoms with Gasteiger partial charge in [0.2, 0.25) is 0 Å². The minimum atomic E-state index is -0.316. The predicted molar refractivity (Wildman–Crippen MR) is 69.8 cm³/mol. The lowest BCUT2D eigenvalue weighted by molar-refractivity contribution is 0.471. The van der Waals surface area contributed by atoms with Gasteiger partial charge in [0.25, 0.3) is 0 Å². The molecule has 3 heteroatoms. The van der Waals surface area contributed by atoms with Crippen molar-refractivity contribution in [1.29, 1.82) is 0 Å². The quantitative estimate of drug-likeness (QED) is 0.798. The Kier molecular flexibility index (Phi) is 4.41. The lowest BCUT2D eigenvalue weighted by Crippen LogP contribution is -2.23. The van der Waals surface area contributed by atoms with Crippen LogP contribution in [-0.4, -0.2) is 6.54 Å². The van der Waals surface area contributed by atoms with E-state index in [2.05, 4.69) is 12.2 Å². The van der Waals surface area contributed by atoms with Crippen molar-refractivity contribution in [2.75, 3.05) is 6.54 Å². The van der Waals surface area contributed by atoms with Crippen LogP contribution in [0.2, 0.25) is 5.02 Å². The average Bonchev–Trinajstić information content (AvgIpc) is 3.12. The Morgan fingerprint density at radius 3 is 2.88 bits per heavy atom. The molecule has 0 bridgehead atoms. The highest BCUT2D eigenvalue weighted by atomic mass is 35.5. The molecule has 0 heterocycles. The van der Waals surface area contributed by atoms with E-state index in [0.717, 1.165) is 30.9 Å². The van der Waals surface area contributed by atoms with Gasteiger partial charge in [0.1, 0.15) is 5.82 Å².